The minimum Gasteiger partial charge on any atom is -0.467 e. The van der Waals surface area contributed by atoms with Gasteiger partial charge in [0.2, 0.25) is 0 Å². The largest absolute Gasteiger partial charge is 0.467 e. The van der Waals surface area contributed by atoms with Crippen LogP contribution in [0.25, 0.3) is 0 Å². The van der Waals surface area contributed by atoms with Gasteiger partial charge < -0.3 is 19.3 Å². The minimum absolute atomic E-state index is 0.222. The topological polar surface area (TPSA) is 84.9 Å². The lowest BCUT2D eigenvalue weighted by atomic mass is 10.2. The predicted octanol–water partition coefficient (Wildman–Crippen LogP) is -0.443. The predicted molar refractivity (Wildman–Crippen MR) is 74.0 cm³/mol. The van der Waals surface area contributed by atoms with E-state index in [4.69, 9.17) is 9.47 Å². The Labute approximate surface area is 122 Å². The normalized spacial score (nSPS) is 18.2. The number of anilines is 1. The summed E-state index contributed by atoms with van der Waals surface area (Å²) in [5.74, 6) is -0.0884. The van der Waals surface area contributed by atoms with Gasteiger partial charge in [-0.15, -0.1) is 10.2 Å². The van der Waals surface area contributed by atoms with Gasteiger partial charge in [-0.3, -0.25) is 4.79 Å². The minimum atomic E-state index is -0.548. The van der Waals surface area contributed by atoms with Gasteiger partial charge in [-0.05, 0) is 12.1 Å². The number of hydrogen-bond acceptors (Lipinski definition) is 7. The third-order valence-corrected chi connectivity index (χ3v) is 3.17. The quantitative estimate of drug-likeness (QED) is 0.698. The number of nitrogens with zero attached hydrogens (tertiary/aromatic N) is 4. The maximum absolute atomic E-state index is 11.8. The SMILES string of the molecule is COC(=O)C1COCCN1c1ccc(C(=O)N(C)C)nn1. The van der Waals surface area contributed by atoms with Crippen molar-refractivity contribution >= 4 is 17.7 Å². The average molecular weight is 294 g/mol. The van der Waals surface area contributed by atoms with Gasteiger partial charge >= 0.3 is 5.97 Å². The van der Waals surface area contributed by atoms with Crippen molar-refractivity contribution in [2.45, 2.75) is 6.04 Å². The molecule has 2 heterocycles. The highest BCUT2D eigenvalue weighted by Crippen LogP contribution is 2.17. The van der Waals surface area contributed by atoms with E-state index in [2.05, 4.69) is 10.2 Å². The Morgan fingerprint density at radius 3 is 2.71 bits per heavy atom. The van der Waals surface area contributed by atoms with Crippen LogP contribution in [0.1, 0.15) is 10.5 Å². The molecule has 1 fully saturated rings. The molecule has 1 atom stereocenters. The number of ether oxygens (including phenoxy) is 2. The van der Waals surface area contributed by atoms with Crippen LogP contribution in [-0.4, -0.2) is 74.0 Å². The molecule has 1 saturated heterocycles. The smallest absolute Gasteiger partial charge is 0.330 e. The lowest BCUT2D eigenvalue weighted by Gasteiger charge is -2.34. The monoisotopic (exact) mass is 294 g/mol. The van der Waals surface area contributed by atoms with E-state index in [0.717, 1.165) is 0 Å². The molecule has 0 bridgehead atoms. The van der Waals surface area contributed by atoms with Crippen LogP contribution in [0.3, 0.4) is 0 Å². The van der Waals surface area contributed by atoms with E-state index in [-0.39, 0.29) is 24.2 Å². The molecule has 0 saturated carbocycles. The highest BCUT2D eigenvalue weighted by molar-refractivity contribution is 5.91. The van der Waals surface area contributed by atoms with Crippen LogP contribution in [-0.2, 0) is 14.3 Å². The second-order valence-corrected chi connectivity index (χ2v) is 4.78. The van der Waals surface area contributed by atoms with Crippen LogP contribution in [0.4, 0.5) is 5.82 Å². The zero-order valence-electron chi connectivity index (χ0n) is 12.3. The van der Waals surface area contributed by atoms with Crippen molar-refractivity contribution < 1.29 is 19.1 Å². The van der Waals surface area contributed by atoms with Gasteiger partial charge in [0, 0.05) is 20.6 Å². The fourth-order valence-corrected chi connectivity index (χ4v) is 2.03. The first-order valence-electron chi connectivity index (χ1n) is 6.52. The second-order valence-electron chi connectivity index (χ2n) is 4.78. The molecule has 8 heteroatoms. The fourth-order valence-electron chi connectivity index (χ4n) is 2.03. The van der Waals surface area contributed by atoms with Crippen LogP contribution >= 0.6 is 0 Å². The van der Waals surface area contributed by atoms with E-state index in [1.165, 1.54) is 12.0 Å². The lowest BCUT2D eigenvalue weighted by molar-refractivity contribution is -0.144. The highest BCUT2D eigenvalue weighted by Gasteiger charge is 2.31. The molecule has 21 heavy (non-hydrogen) atoms. The number of carbonyl (C=O) groups is 2. The summed E-state index contributed by atoms with van der Waals surface area (Å²) in [6.45, 7) is 1.25. The van der Waals surface area contributed by atoms with Gasteiger partial charge in [0.05, 0.1) is 20.3 Å². The average Bonchev–Trinajstić information content (AvgIpc) is 2.53. The van der Waals surface area contributed by atoms with E-state index in [1.807, 2.05) is 0 Å². The Morgan fingerprint density at radius 1 is 1.38 bits per heavy atom. The van der Waals surface area contributed by atoms with Gasteiger partial charge in [-0.1, -0.05) is 0 Å². The molecule has 1 aliphatic rings. The number of esters is 1. The Kier molecular flexibility index (Phi) is 4.69. The molecule has 2 rings (SSSR count). The number of amides is 1. The zero-order valence-corrected chi connectivity index (χ0v) is 12.3. The van der Waals surface area contributed by atoms with Crippen molar-refractivity contribution in [3.63, 3.8) is 0 Å². The maximum Gasteiger partial charge on any atom is 0.330 e. The summed E-state index contributed by atoms with van der Waals surface area (Å²) in [5, 5.41) is 7.96. The van der Waals surface area contributed by atoms with Crippen LogP contribution in [0.2, 0.25) is 0 Å². The van der Waals surface area contributed by atoms with Crippen molar-refractivity contribution in [2.75, 3.05) is 45.9 Å². The number of morpholine rings is 1. The molecule has 1 amide bonds. The number of hydrogen-bond donors (Lipinski definition) is 0. The van der Waals surface area contributed by atoms with Crippen molar-refractivity contribution in [1.29, 1.82) is 0 Å². The van der Waals surface area contributed by atoms with E-state index in [1.54, 1.807) is 31.1 Å². The Balaban J connectivity index is 2.20. The summed E-state index contributed by atoms with van der Waals surface area (Å²) in [6.07, 6.45) is 0. The molecule has 0 aromatic carbocycles. The van der Waals surface area contributed by atoms with E-state index in [9.17, 15) is 9.59 Å². The molecule has 0 spiro atoms. The second kappa shape index (κ2) is 6.49. The molecule has 8 nitrogen and oxygen atoms in total. The summed E-state index contributed by atoms with van der Waals surface area (Å²) in [6, 6.07) is 2.72. The first kappa shape index (κ1) is 15.2. The first-order chi connectivity index (χ1) is 10.0. The molecule has 114 valence electrons. The van der Waals surface area contributed by atoms with Gasteiger partial charge in [0.25, 0.3) is 5.91 Å². The highest BCUT2D eigenvalue weighted by atomic mass is 16.5. The molecule has 0 radical (unpaired) electrons. The first-order valence-corrected chi connectivity index (χ1v) is 6.52. The summed E-state index contributed by atoms with van der Waals surface area (Å²) in [4.78, 5) is 26.7. The third-order valence-electron chi connectivity index (χ3n) is 3.17. The summed E-state index contributed by atoms with van der Waals surface area (Å²) >= 11 is 0. The Bertz CT molecular complexity index is 517. The lowest BCUT2D eigenvalue weighted by Crippen LogP contribution is -2.51. The molecule has 0 aliphatic carbocycles. The Morgan fingerprint density at radius 2 is 2.14 bits per heavy atom. The van der Waals surface area contributed by atoms with Crippen molar-refractivity contribution in [3.8, 4) is 0 Å². The molecule has 1 aromatic rings. The van der Waals surface area contributed by atoms with Gasteiger partial charge in [-0.25, -0.2) is 4.79 Å². The molecule has 0 N–H and O–H groups in total. The van der Waals surface area contributed by atoms with Crippen molar-refractivity contribution in [2.24, 2.45) is 0 Å². The number of carbonyl (C=O) groups excluding carboxylic acids is 2. The summed E-state index contributed by atoms with van der Waals surface area (Å²) < 4.78 is 10.1. The zero-order chi connectivity index (χ0) is 15.4. The summed E-state index contributed by atoms with van der Waals surface area (Å²) in [7, 11) is 4.63. The van der Waals surface area contributed by atoms with Gasteiger partial charge in [0.1, 0.15) is 0 Å². The van der Waals surface area contributed by atoms with E-state index < -0.39 is 6.04 Å². The van der Waals surface area contributed by atoms with Gasteiger partial charge in [0.15, 0.2) is 17.6 Å². The van der Waals surface area contributed by atoms with Crippen LogP contribution in [0.5, 0.6) is 0 Å². The van der Waals surface area contributed by atoms with Gasteiger partial charge in [-0.2, -0.15) is 0 Å². The molecule has 1 unspecified atom stereocenters. The number of aromatic nitrogens is 2. The maximum atomic E-state index is 11.8. The summed E-state index contributed by atoms with van der Waals surface area (Å²) in [5.41, 5.74) is 0.256. The van der Waals surface area contributed by atoms with Crippen LogP contribution in [0, 0.1) is 0 Å². The van der Waals surface area contributed by atoms with Crippen LogP contribution in [0.15, 0.2) is 12.1 Å². The third kappa shape index (κ3) is 3.27. The molecular weight excluding hydrogens is 276 g/mol. The van der Waals surface area contributed by atoms with E-state index >= 15 is 0 Å². The van der Waals surface area contributed by atoms with Crippen LogP contribution < -0.4 is 4.90 Å². The molecule has 1 aromatic heterocycles. The van der Waals surface area contributed by atoms with Crippen molar-refractivity contribution in [1.82, 2.24) is 15.1 Å². The number of rotatable bonds is 3. The standard InChI is InChI=1S/C13H18N4O4/c1-16(2)12(18)9-4-5-11(15-14-9)17-6-7-21-8-10(17)13(19)20-3/h4-5,10H,6-8H2,1-3H3. The fraction of sp³-hybridized carbons (Fsp3) is 0.538. The number of methoxy groups -OCH3 is 1. The van der Waals surface area contributed by atoms with Crippen molar-refractivity contribution in [3.05, 3.63) is 17.8 Å². The Hall–Kier alpha value is -2.22. The molecule has 1 aliphatic heterocycles. The molecular formula is C13H18N4O4. The van der Waals surface area contributed by atoms with E-state index in [0.29, 0.717) is 19.0 Å².